The van der Waals surface area contributed by atoms with E-state index in [1.54, 1.807) is 0 Å². The Hall–Kier alpha value is -2.50. The van der Waals surface area contributed by atoms with Crippen LogP contribution in [0.25, 0.3) is 0 Å². The molecule has 3 rings (SSSR count). The molecule has 2 N–H and O–H groups in total. The summed E-state index contributed by atoms with van der Waals surface area (Å²) in [4.78, 5) is 13.8. The minimum atomic E-state index is -0.573. The zero-order valence-corrected chi connectivity index (χ0v) is 16.0. The van der Waals surface area contributed by atoms with Gasteiger partial charge in [-0.2, -0.15) is 5.26 Å². The molecule has 0 bridgehead atoms. The van der Waals surface area contributed by atoms with Crippen molar-refractivity contribution in [3.63, 3.8) is 0 Å². The fourth-order valence-electron chi connectivity index (χ4n) is 4.05. The molecule has 0 unspecified atom stereocenters. The number of nitriles is 1. The summed E-state index contributed by atoms with van der Waals surface area (Å²) < 4.78 is 0. The SMILES string of the molecule is CC(C)NC(=O)N1[C@H](CO)[C@H](c2ccc(C#CC3CCCC3)cc2)[C@@H]1C#N. The molecule has 27 heavy (non-hydrogen) atoms. The van der Waals surface area contributed by atoms with Crippen LogP contribution in [0.5, 0.6) is 0 Å². The second-order valence-electron chi connectivity index (χ2n) is 7.73. The molecule has 5 heteroatoms. The van der Waals surface area contributed by atoms with Gasteiger partial charge >= 0.3 is 6.03 Å². The van der Waals surface area contributed by atoms with E-state index in [1.165, 1.54) is 30.6 Å². The van der Waals surface area contributed by atoms with E-state index in [1.807, 2.05) is 38.1 Å². The molecule has 1 aliphatic carbocycles. The van der Waals surface area contributed by atoms with Gasteiger partial charge < -0.3 is 15.3 Å². The molecule has 3 atom stereocenters. The maximum Gasteiger partial charge on any atom is 0.319 e. The molecule has 0 aromatic heterocycles. The number of hydrogen-bond acceptors (Lipinski definition) is 3. The van der Waals surface area contributed by atoms with Crippen LogP contribution in [0.2, 0.25) is 0 Å². The normalized spacial score (nSPS) is 24.7. The van der Waals surface area contributed by atoms with Gasteiger partial charge in [0, 0.05) is 23.4 Å². The Morgan fingerprint density at radius 1 is 1.30 bits per heavy atom. The smallest absolute Gasteiger partial charge is 0.319 e. The predicted octanol–water partition coefficient (Wildman–Crippen LogP) is 3.00. The summed E-state index contributed by atoms with van der Waals surface area (Å²) in [6.07, 6.45) is 4.95. The molecule has 0 radical (unpaired) electrons. The minimum absolute atomic E-state index is 0.0204. The summed E-state index contributed by atoms with van der Waals surface area (Å²) in [5.74, 6) is 6.93. The van der Waals surface area contributed by atoms with Crippen LogP contribution in [-0.4, -0.2) is 40.8 Å². The summed E-state index contributed by atoms with van der Waals surface area (Å²) >= 11 is 0. The average Bonchev–Trinajstić information content (AvgIpc) is 3.14. The zero-order chi connectivity index (χ0) is 19.4. The maximum absolute atomic E-state index is 12.4. The Morgan fingerprint density at radius 2 is 1.96 bits per heavy atom. The third-order valence-corrected chi connectivity index (χ3v) is 5.45. The molecule has 0 spiro atoms. The third kappa shape index (κ3) is 4.10. The second-order valence-corrected chi connectivity index (χ2v) is 7.73. The molecular weight excluding hydrogens is 338 g/mol. The van der Waals surface area contributed by atoms with Gasteiger partial charge in [-0.25, -0.2) is 4.79 Å². The lowest BCUT2D eigenvalue weighted by molar-refractivity contribution is 0.0162. The summed E-state index contributed by atoms with van der Waals surface area (Å²) in [5.41, 5.74) is 1.93. The lowest BCUT2D eigenvalue weighted by atomic mass is 9.76. The van der Waals surface area contributed by atoms with Crippen LogP contribution in [0.3, 0.4) is 0 Å². The number of urea groups is 1. The van der Waals surface area contributed by atoms with E-state index in [-0.39, 0.29) is 30.6 Å². The number of aliphatic hydroxyl groups is 1. The predicted molar refractivity (Wildman–Crippen MR) is 104 cm³/mol. The minimum Gasteiger partial charge on any atom is -0.394 e. The van der Waals surface area contributed by atoms with Crippen molar-refractivity contribution in [1.82, 2.24) is 10.2 Å². The average molecular weight is 365 g/mol. The Balaban J connectivity index is 1.73. The van der Waals surface area contributed by atoms with Crippen LogP contribution in [-0.2, 0) is 0 Å². The van der Waals surface area contributed by atoms with Gasteiger partial charge in [0.2, 0.25) is 0 Å². The van der Waals surface area contributed by atoms with Gasteiger partial charge in [-0.3, -0.25) is 0 Å². The molecule has 1 saturated carbocycles. The number of nitrogens with one attached hydrogen (secondary N) is 1. The number of nitrogens with zero attached hydrogens (tertiary/aromatic N) is 2. The monoisotopic (exact) mass is 365 g/mol. The fraction of sp³-hybridized carbons (Fsp3) is 0.545. The van der Waals surface area contributed by atoms with Crippen LogP contribution in [0.1, 0.15) is 56.6 Å². The van der Waals surface area contributed by atoms with Gasteiger partial charge in [0.1, 0.15) is 6.04 Å². The Labute approximate surface area is 161 Å². The molecule has 5 nitrogen and oxygen atoms in total. The standard InChI is InChI=1S/C22H27N3O2/c1-15(2)24-22(27)25-19(13-23)21(20(25)14-26)18-11-9-17(10-12-18)8-7-16-5-3-4-6-16/h9-12,15-16,19-21,26H,3-6,14H2,1-2H3,(H,24,27)/t19-,20+,21+/m0/s1. The van der Waals surface area contributed by atoms with Gasteiger partial charge in [0.05, 0.1) is 18.7 Å². The molecule has 1 heterocycles. The van der Waals surface area contributed by atoms with Gasteiger partial charge in [-0.15, -0.1) is 0 Å². The zero-order valence-electron chi connectivity index (χ0n) is 16.0. The van der Waals surface area contributed by atoms with E-state index < -0.39 is 6.04 Å². The van der Waals surface area contributed by atoms with E-state index in [9.17, 15) is 15.2 Å². The van der Waals surface area contributed by atoms with Gasteiger partial charge in [-0.05, 0) is 44.4 Å². The van der Waals surface area contributed by atoms with Crippen molar-refractivity contribution >= 4 is 6.03 Å². The lowest BCUT2D eigenvalue weighted by Gasteiger charge is -2.51. The van der Waals surface area contributed by atoms with Gasteiger partial charge in [0.25, 0.3) is 0 Å². The van der Waals surface area contributed by atoms with Crippen molar-refractivity contribution in [1.29, 1.82) is 5.26 Å². The Bertz CT molecular complexity index is 763. The number of hydrogen-bond donors (Lipinski definition) is 2. The van der Waals surface area contributed by atoms with E-state index in [2.05, 4.69) is 23.2 Å². The quantitative estimate of drug-likeness (QED) is 0.809. The van der Waals surface area contributed by atoms with Crippen LogP contribution >= 0.6 is 0 Å². The molecule has 1 aromatic carbocycles. The first-order valence-corrected chi connectivity index (χ1v) is 9.76. The van der Waals surface area contributed by atoms with Crippen LogP contribution < -0.4 is 5.32 Å². The van der Waals surface area contributed by atoms with E-state index in [4.69, 9.17) is 0 Å². The number of aliphatic hydroxyl groups excluding tert-OH is 1. The first kappa shape index (κ1) is 19.3. The first-order chi connectivity index (χ1) is 13.0. The second kappa shape index (κ2) is 8.46. The number of likely N-dealkylation sites (tertiary alicyclic amines) is 1. The van der Waals surface area contributed by atoms with Crippen LogP contribution in [0, 0.1) is 29.1 Å². The Kier molecular flexibility index (Phi) is 6.04. The Morgan fingerprint density at radius 3 is 2.52 bits per heavy atom. The fourth-order valence-corrected chi connectivity index (χ4v) is 4.05. The van der Waals surface area contributed by atoms with Gasteiger partial charge in [-0.1, -0.05) is 36.8 Å². The van der Waals surface area contributed by atoms with Gasteiger partial charge in [0.15, 0.2) is 0 Å². The number of amides is 2. The highest BCUT2D eigenvalue weighted by atomic mass is 16.3. The van der Waals surface area contributed by atoms with Crippen molar-refractivity contribution in [2.75, 3.05) is 6.61 Å². The largest absolute Gasteiger partial charge is 0.394 e. The van der Waals surface area contributed by atoms with Crippen LogP contribution in [0.15, 0.2) is 24.3 Å². The molecular formula is C22H27N3O2. The van der Waals surface area contributed by atoms with Crippen LogP contribution in [0.4, 0.5) is 4.79 Å². The van der Waals surface area contributed by atoms with Crippen molar-refractivity contribution in [3.8, 4) is 17.9 Å². The number of benzene rings is 1. The van der Waals surface area contributed by atoms with Crippen molar-refractivity contribution < 1.29 is 9.90 Å². The molecule has 1 aromatic rings. The van der Waals surface area contributed by atoms with E-state index in [0.29, 0.717) is 5.92 Å². The number of carbonyl (C=O) groups is 1. The molecule has 2 amide bonds. The molecule has 1 saturated heterocycles. The number of rotatable bonds is 3. The highest BCUT2D eigenvalue weighted by Crippen LogP contribution is 2.40. The topological polar surface area (TPSA) is 76.4 Å². The maximum atomic E-state index is 12.4. The lowest BCUT2D eigenvalue weighted by Crippen LogP contribution is -2.67. The van der Waals surface area contributed by atoms with E-state index in [0.717, 1.165) is 11.1 Å². The van der Waals surface area contributed by atoms with Crippen molar-refractivity contribution in [2.24, 2.45) is 5.92 Å². The summed E-state index contributed by atoms with van der Waals surface area (Å²) in [6, 6.07) is 8.81. The third-order valence-electron chi connectivity index (χ3n) is 5.45. The van der Waals surface area contributed by atoms with Crippen molar-refractivity contribution in [3.05, 3.63) is 35.4 Å². The van der Waals surface area contributed by atoms with E-state index >= 15 is 0 Å². The number of carbonyl (C=O) groups excluding carboxylic acids is 1. The summed E-state index contributed by atoms with van der Waals surface area (Å²) in [6.45, 7) is 3.57. The molecule has 142 valence electrons. The summed E-state index contributed by atoms with van der Waals surface area (Å²) in [5, 5.41) is 22.2. The summed E-state index contributed by atoms with van der Waals surface area (Å²) in [7, 11) is 0. The molecule has 2 aliphatic rings. The highest BCUT2D eigenvalue weighted by Gasteiger charge is 2.51. The molecule has 2 fully saturated rings. The highest BCUT2D eigenvalue weighted by molar-refractivity contribution is 5.77. The molecule has 1 aliphatic heterocycles. The first-order valence-electron chi connectivity index (χ1n) is 9.76. The van der Waals surface area contributed by atoms with Crippen molar-refractivity contribution in [2.45, 2.75) is 63.6 Å².